The number of thioether (sulfide) groups is 1. The molecule has 5 nitrogen and oxygen atoms in total. The Labute approximate surface area is 188 Å². The number of likely N-dealkylation sites (tertiary alicyclic amines) is 1. The summed E-state index contributed by atoms with van der Waals surface area (Å²) in [7, 11) is 0. The first-order valence-corrected chi connectivity index (χ1v) is 11.8. The summed E-state index contributed by atoms with van der Waals surface area (Å²) in [5.41, 5.74) is 5.14. The average molecular weight is 436 g/mol. The zero-order valence-corrected chi connectivity index (χ0v) is 19.0. The first-order chi connectivity index (χ1) is 15.1. The van der Waals surface area contributed by atoms with Crippen molar-refractivity contribution in [2.75, 3.05) is 13.1 Å². The van der Waals surface area contributed by atoms with Crippen LogP contribution in [-0.4, -0.2) is 29.1 Å². The Morgan fingerprint density at radius 1 is 1.06 bits per heavy atom. The molecule has 2 heterocycles. The summed E-state index contributed by atoms with van der Waals surface area (Å²) >= 11 is 1.63. The van der Waals surface area contributed by atoms with Crippen molar-refractivity contribution in [3.05, 3.63) is 82.2 Å². The monoisotopic (exact) mass is 435 g/mol. The van der Waals surface area contributed by atoms with Crippen LogP contribution < -0.4 is 5.32 Å². The molecule has 31 heavy (non-hydrogen) atoms. The average Bonchev–Trinajstić information content (AvgIpc) is 3.41. The molecule has 1 aliphatic heterocycles. The fraction of sp³-hybridized carbons (Fsp3) is 0.360. The highest BCUT2D eigenvalue weighted by molar-refractivity contribution is 7.98. The maximum absolute atomic E-state index is 12.9. The van der Waals surface area contributed by atoms with E-state index in [9.17, 15) is 4.79 Å². The highest BCUT2D eigenvalue weighted by Crippen LogP contribution is 2.28. The van der Waals surface area contributed by atoms with E-state index in [0.717, 1.165) is 39.8 Å². The van der Waals surface area contributed by atoms with Crippen LogP contribution >= 0.6 is 11.8 Å². The van der Waals surface area contributed by atoms with E-state index in [1.807, 2.05) is 38.1 Å². The first-order valence-electron chi connectivity index (χ1n) is 10.8. The van der Waals surface area contributed by atoms with Gasteiger partial charge in [-0.05, 0) is 63.0 Å². The van der Waals surface area contributed by atoms with Crippen molar-refractivity contribution in [2.45, 2.75) is 50.4 Å². The molecule has 1 aliphatic rings. The maximum Gasteiger partial charge on any atom is 0.252 e. The number of hydrogen-bond donors (Lipinski definition) is 1. The Hall–Kier alpha value is -2.57. The number of benzene rings is 2. The molecule has 0 saturated carbocycles. The second-order valence-corrected chi connectivity index (χ2v) is 9.09. The van der Waals surface area contributed by atoms with Gasteiger partial charge in [0.05, 0.1) is 11.3 Å². The Morgan fingerprint density at radius 3 is 2.48 bits per heavy atom. The van der Waals surface area contributed by atoms with Crippen LogP contribution in [0.25, 0.3) is 0 Å². The number of carbonyl (C=O) groups is 1. The molecule has 0 aliphatic carbocycles. The largest absolute Gasteiger partial charge is 0.361 e. The van der Waals surface area contributed by atoms with Crippen molar-refractivity contribution in [1.82, 2.24) is 15.4 Å². The third-order valence-electron chi connectivity index (χ3n) is 5.77. The molecular formula is C25H29N3O2S. The van der Waals surface area contributed by atoms with Gasteiger partial charge in [0.25, 0.3) is 5.91 Å². The molecule has 6 heteroatoms. The van der Waals surface area contributed by atoms with Gasteiger partial charge in [-0.25, -0.2) is 0 Å². The van der Waals surface area contributed by atoms with E-state index in [1.165, 1.54) is 31.5 Å². The fourth-order valence-corrected chi connectivity index (χ4v) is 5.08. The summed E-state index contributed by atoms with van der Waals surface area (Å²) in [5, 5.41) is 7.08. The molecule has 1 saturated heterocycles. The SMILES string of the molecule is Cc1noc(C)c1CSc1ccccc1C(=O)NCc1ccc(CN2CCCC2)cc1. The molecular weight excluding hydrogens is 406 g/mol. The van der Waals surface area contributed by atoms with Gasteiger partial charge in [-0.15, -0.1) is 11.8 Å². The topological polar surface area (TPSA) is 58.4 Å². The highest BCUT2D eigenvalue weighted by Gasteiger charge is 2.15. The number of nitrogens with one attached hydrogen (secondary N) is 1. The Morgan fingerprint density at radius 2 is 1.77 bits per heavy atom. The van der Waals surface area contributed by atoms with Gasteiger partial charge in [0.15, 0.2) is 0 Å². The Bertz CT molecular complexity index is 1000. The van der Waals surface area contributed by atoms with E-state index in [2.05, 4.69) is 39.6 Å². The van der Waals surface area contributed by atoms with Crippen molar-refractivity contribution in [2.24, 2.45) is 0 Å². The number of hydrogen-bond acceptors (Lipinski definition) is 5. The van der Waals surface area contributed by atoms with Crippen LogP contribution in [0, 0.1) is 13.8 Å². The molecule has 1 fully saturated rings. The molecule has 3 aromatic rings. The molecule has 1 amide bonds. The minimum Gasteiger partial charge on any atom is -0.361 e. The predicted molar refractivity (Wildman–Crippen MR) is 124 cm³/mol. The maximum atomic E-state index is 12.9. The van der Waals surface area contributed by atoms with Crippen molar-refractivity contribution in [1.29, 1.82) is 0 Å². The fourth-order valence-electron chi connectivity index (χ4n) is 3.88. The molecule has 0 unspecified atom stereocenters. The molecule has 0 spiro atoms. The molecule has 0 atom stereocenters. The van der Waals surface area contributed by atoms with Crippen LogP contribution in [0.3, 0.4) is 0 Å². The summed E-state index contributed by atoms with van der Waals surface area (Å²) < 4.78 is 5.25. The molecule has 162 valence electrons. The van der Waals surface area contributed by atoms with Crippen molar-refractivity contribution >= 4 is 17.7 Å². The number of rotatable bonds is 8. The highest BCUT2D eigenvalue weighted by atomic mass is 32.2. The smallest absolute Gasteiger partial charge is 0.252 e. The second-order valence-electron chi connectivity index (χ2n) is 8.07. The number of carbonyl (C=O) groups excluding carboxylic acids is 1. The summed E-state index contributed by atoms with van der Waals surface area (Å²) in [5.74, 6) is 1.51. The molecule has 2 aromatic carbocycles. The summed E-state index contributed by atoms with van der Waals surface area (Å²) in [6.45, 7) is 7.80. The van der Waals surface area contributed by atoms with Gasteiger partial charge >= 0.3 is 0 Å². The van der Waals surface area contributed by atoms with Crippen molar-refractivity contribution in [3.63, 3.8) is 0 Å². The van der Waals surface area contributed by atoms with Crippen LogP contribution in [0.2, 0.25) is 0 Å². The number of aromatic nitrogens is 1. The number of amides is 1. The van der Waals surface area contributed by atoms with Gasteiger partial charge in [0.2, 0.25) is 0 Å². The van der Waals surface area contributed by atoms with Crippen LogP contribution in [0.1, 0.15) is 51.3 Å². The Kier molecular flexibility index (Phi) is 7.10. The predicted octanol–water partition coefficient (Wildman–Crippen LogP) is 5.11. The lowest BCUT2D eigenvalue weighted by molar-refractivity contribution is 0.0948. The lowest BCUT2D eigenvalue weighted by atomic mass is 10.1. The minimum absolute atomic E-state index is 0.0528. The molecule has 4 rings (SSSR count). The van der Waals surface area contributed by atoms with Gasteiger partial charge in [-0.2, -0.15) is 0 Å². The zero-order valence-electron chi connectivity index (χ0n) is 18.2. The van der Waals surface area contributed by atoms with E-state index in [0.29, 0.717) is 12.1 Å². The van der Waals surface area contributed by atoms with E-state index < -0.39 is 0 Å². The third kappa shape index (κ3) is 5.57. The summed E-state index contributed by atoms with van der Waals surface area (Å²) in [4.78, 5) is 16.3. The van der Waals surface area contributed by atoms with Crippen LogP contribution in [0.5, 0.6) is 0 Å². The van der Waals surface area contributed by atoms with E-state index in [-0.39, 0.29) is 5.91 Å². The molecule has 1 N–H and O–H groups in total. The summed E-state index contributed by atoms with van der Waals surface area (Å²) in [6, 6.07) is 16.3. The van der Waals surface area contributed by atoms with Crippen LogP contribution in [-0.2, 0) is 18.8 Å². The normalized spacial score (nSPS) is 14.1. The van der Waals surface area contributed by atoms with Gasteiger partial charge < -0.3 is 9.84 Å². The van der Waals surface area contributed by atoms with Gasteiger partial charge in [0.1, 0.15) is 5.76 Å². The standard InChI is InChI=1S/C25H29N3O2S/c1-18-23(19(2)30-27-18)17-31-24-8-4-3-7-22(24)25(29)26-15-20-9-11-21(12-10-20)16-28-13-5-6-14-28/h3-4,7-12H,5-6,13-17H2,1-2H3,(H,26,29). The van der Waals surface area contributed by atoms with Gasteiger partial charge in [0, 0.05) is 29.3 Å². The van der Waals surface area contributed by atoms with E-state index >= 15 is 0 Å². The number of nitrogens with zero attached hydrogens (tertiary/aromatic N) is 2. The molecule has 1 aromatic heterocycles. The quantitative estimate of drug-likeness (QED) is 0.498. The summed E-state index contributed by atoms with van der Waals surface area (Å²) in [6.07, 6.45) is 2.62. The van der Waals surface area contributed by atoms with Crippen molar-refractivity contribution in [3.8, 4) is 0 Å². The lowest BCUT2D eigenvalue weighted by Crippen LogP contribution is -2.23. The Balaban J connectivity index is 1.34. The lowest BCUT2D eigenvalue weighted by Gasteiger charge is -2.15. The minimum atomic E-state index is -0.0528. The van der Waals surface area contributed by atoms with Crippen molar-refractivity contribution < 1.29 is 9.32 Å². The van der Waals surface area contributed by atoms with Gasteiger partial charge in [-0.1, -0.05) is 41.6 Å². The van der Waals surface area contributed by atoms with E-state index in [1.54, 1.807) is 11.8 Å². The van der Waals surface area contributed by atoms with Gasteiger partial charge in [-0.3, -0.25) is 9.69 Å². The third-order valence-corrected chi connectivity index (χ3v) is 6.87. The zero-order chi connectivity index (χ0) is 21.6. The number of aryl methyl sites for hydroxylation is 2. The molecule has 0 radical (unpaired) electrons. The first kappa shape index (κ1) is 21.7. The van der Waals surface area contributed by atoms with E-state index in [4.69, 9.17) is 4.52 Å². The van der Waals surface area contributed by atoms with Crippen LogP contribution in [0.15, 0.2) is 57.9 Å². The van der Waals surface area contributed by atoms with Crippen LogP contribution in [0.4, 0.5) is 0 Å². The molecule has 0 bridgehead atoms. The second kappa shape index (κ2) is 10.2.